The second-order valence-electron chi connectivity index (χ2n) is 11.1. The molecule has 0 atom stereocenters. The summed E-state index contributed by atoms with van der Waals surface area (Å²) in [5.41, 5.74) is 9.50. The molecule has 0 unspecified atom stereocenters. The summed E-state index contributed by atoms with van der Waals surface area (Å²) in [5, 5.41) is 5.65. The molecular weight excluding hydrogens is 528 g/mol. The zero-order valence-corrected chi connectivity index (χ0v) is 23.8. The monoisotopic (exact) mass is 564 g/mol. The minimum Gasteiger partial charge on any atom is -0.452 e. The maximum Gasteiger partial charge on any atom is 0.164 e. The summed E-state index contributed by atoms with van der Waals surface area (Å²) in [6.07, 6.45) is 17.0. The lowest BCUT2D eigenvalue weighted by Crippen LogP contribution is -2.30. The van der Waals surface area contributed by atoms with Crippen molar-refractivity contribution in [1.29, 1.82) is 0 Å². The van der Waals surface area contributed by atoms with Crippen molar-refractivity contribution in [2.24, 2.45) is 16.6 Å². The smallest absolute Gasteiger partial charge is 0.164 e. The number of thiophene rings is 1. The van der Waals surface area contributed by atoms with E-state index < -0.39 is 0 Å². The maximum atomic E-state index is 6.68. The van der Waals surface area contributed by atoms with Gasteiger partial charge in [-0.2, -0.15) is 5.10 Å². The van der Waals surface area contributed by atoms with Crippen LogP contribution in [-0.4, -0.2) is 62.9 Å². The average molecular weight is 565 g/mol. The van der Waals surface area contributed by atoms with Crippen molar-refractivity contribution in [1.82, 2.24) is 19.1 Å². The summed E-state index contributed by atoms with van der Waals surface area (Å²) < 4.78 is 17.8. The number of allylic oxidation sites excluding steroid dienone is 2. The molecule has 5 heterocycles. The van der Waals surface area contributed by atoms with Crippen LogP contribution in [0.3, 0.4) is 0 Å². The van der Waals surface area contributed by atoms with Gasteiger partial charge in [-0.1, -0.05) is 11.9 Å². The Morgan fingerprint density at radius 2 is 1.95 bits per heavy atom. The van der Waals surface area contributed by atoms with E-state index in [0.29, 0.717) is 17.8 Å². The van der Waals surface area contributed by atoms with E-state index in [2.05, 4.69) is 38.2 Å². The molecule has 0 bridgehead atoms. The predicted octanol–water partition coefficient (Wildman–Crippen LogP) is 5.82. The molecule has 0 amide bonds. The molecule has 4 fully saturated rings. The fraction of sp³-hybridized carbons (Fsp3) is 0.552. The van der Waals surface area contributed by atoms with E-state index in [-0.39, 0.29) is 5.92 Å². The first-order valence-electron chi connectivity index (χ1n) is 14.3. The quantitative estimate of drug-likeness (QED) is 0.199. The van der Waals surface area contributed by atoms with E-state index in [9.17, 15) is 0 Å². The molecule has 2 aliphatic carbocycles. The maximum absolute atomic E-state index is 6.68. The van der Waals surface area contributed by atoms with Crippen LogP contribution in [0.5, 0.6) is 5.75 Å². The number of piperidine rings is 1. The Morgan fingerprint density at radius 1 is 1.13 bits per heavy atom. The summed E-state index contributed by atoms with van der Waals surface area (Å²) in [4.78, 5) is 10.5. The first kappa shape index (κ1) is 25.6. The van der Waals surface area contributed by atoms with Crippen molar-refractivity contribution < 1.29 is 9.47 Å². The predicted molar refractivity (Wildman–Crippen MR) is 158 cm³/mol. The fourth-order valence-corrected chi connectivity index (χ4v) is 7.51. The first-order valence-corrected chi connectivity index (χ1v) is 16.0. The number of hydrogen-bond acceptors (Lipinski definition) is 9. The van der Waals surface area contributed by atoms with Crippen molar-refractivity contribution >= 4 is 39.7 Å². The van der Waals surface area contributed by atoms with E-state index in [1.54, 1.807) is 11.3 Å². The molecule has 2 N–H and O–H groups in total. The molecule has 8 nitrogen and oxygen atoms in total. The normalized spacial score (nSPS) is 22.6. The Bertz CT molecular complexity index is 1360. The summed E-state index contributed by atoms with van der Waals surface area (Å²) >= 11 is 3.77. The van der Waals surface area contributed by atoms with Crippen LogP contribution < -0.4 is 10.5 Å². The third-order valence-corrected chi connectivity index (χ3v) is 10.6. The largest absolute Gasteiger partial charge is 0.452 e. The molecule has 2 saturated carbocycles. The minimum atomic E-state index is 0.251. The molecule has 7 rings (SSSR count). The molecule has 0 aromatic carbocycles. The van der Waals surface area contributed by atoms with Crippen molar-refractivity contribution in [3.05, 3.63) is 42.2 Å². The molecule has 10 heteroatoms. The lowest BCUT2D eigenvalue weighted by molar-refractivity contribution is 0.0746. The summed E-state index contributed by atoms with van der Waals surface area (Å²) in [7, 11) is 0. The topological polar surface area (TPSA) is 90.8 Å². The number of aromatic nitrogens is 3. The molecule has 0 spiro atoms. The minimum absolute atomic E-state index is 0.251. The molecule has 3 aromatic heterocycles. The molecular formula is C29H36N6O2S2. The Kier molecular flexibility index (Phi) is 7.36. The van der Waals surface area contributed by atoms with Crippen LogP contribution in [0.25, 0.3) is 20.7 Å². The standard InChI is InChI=1S/C29H36N6O2S2/c30-28(19-8-13-36-14-9-19)26(17-32-21-1-2-21)37-25-5-10-31-24-15-27(38-29(24)25)20-16-33-35(18-20)22-6-11-34(12-7-22)39-23-3-4-23/h5,10,15-19,21-23H,1-4,6-9,11-14,30H2. The fourth-order valence-electron chi connectivity index (χ4n) is 5.28. The summed E-state index contributed by atoms with van der Waals surface area (Å²) in [6, 6.07) is 4.94. The number of fused-ring (bicyclic) bond motifs is 1. The zero-order valence-electron chi connectivity index (χ0n) is 22.2. The van der Waals surface area contributed by atoms with Gasteiger partial charge in [0.2, 0.25) is 0 Å². The van der Waals surface area contributed by atoms with Gasteiger partial charge in [0.1, 0.15) is 5.75 Å². The molecule has 0 radical (unpaired) electrons. The van der Waals surface area contributed by atoms with Crippen LogP contribution >= 0.6 is 23.3 Å². The molecule has 39 heavy (non-hydrogen) atoms. The van der Waals surface area contributed by atoms with Crippen LogP contribution in [0.4, 0.5) is 0 Å². The van der Waals surface area contributed by atoms with Gasteiger partial charge in [-0.25, -0.2) is 0 Å². The number of ether oxygens (including phenoxy) is 2. The Labute approximate surface area is 237 Å². The van der Waals surface area contributed by atoms with Gasteiger partial charge >= 0.3 is 0 Å². The summed E-state index contributed by atoms with van der Waals surface area (Å²) in [5.74, 6) is 1.69. The second-order valence-corrected chi connectivity index (χ2v) is 13.6. The van der Waals surface area contributed by atoms with Gasteiger partial charge in [0.25, 0.3) is 0 Å². The van der Waals surface area contributed by atoms with Crippen LogP contribution in [-0.2, 0) is 4.74 Å². The van der Waals surface area contributed by atoms with Crippen molar-refractivity contribution in [2.45, 2.75) is 68.7 Å². The second kappa shape index (κ2) is 11.2. The molecule has 2 saturated heterocycles. The molecule has 206 valence electrons. The number of nitrogens with two attached hydrogens (primary N) is 1. The van der Waals surface area contributed by atoms with Gasteiger partial charge in [-0.05, 0) is 57.4 Å². The molecule has 2 aliphatic heterocycles. The van der Waals surface area contributed by atoms with Gasteiger partial charge in [-0.15, -0.1) is 11.3 Å². The SMILES string of the molecule is NC(=C(C=NC1CC1)Oc1ccnc2cc(-c3cnn(C4CCN(SC5CC5)CC4)c3)sc12)C1CCOCC1. The van der Waals surface area contributed by atoms with Crippen LogP contribution in [0, 0.1) is 5.92 Å². The van der Waals surface area contributed by atoms with Gasteiger partial charge in [0.15, 0.2) is 5.76 Å². The number of aliphatic imine (C=N–C) groups is 1. The van der Waals surface area contributed by atoms with E-state index in [4.69, 9.17) is 25.3 Å². The summed E-state index contributed by atoms with van der Waals surface area (Å²) in [6.45, 7) is 3.76. The third kappa shape index (κ3) is 6.04. The molecule has 4 aliphatic rings. The van der Waals surface area contributed by atoms with Crippen LogP contribution in [0.2, 0.25) is 0 Å². The lowest BCUT2D eigenvalue weighted by atomic mass is 9.96. The number of nitrogens with zero attached hydrogens (tertiary/aromatic N) is 5. The average Bonchev–Trinajstić information content (AvgIpc) is 3.88. The van der Waals surface area contributed by atoms with Crippen LogP contribution in [0.1, 0.15) is 57.4 Å². The van der Waals surface area contributed by atoms with Crippen molar-refractivity contribution in [2.75, 3.05) is 26.3 Å². The Morgan fingerprint density at radius 3 is 2.72 bits per heavy atom. The van der Waals surface area contributed by atoms with Gasteiger partial charge in [-0.3, -0.25) is 19.0 Å². The van der Waals surface area contributed by atoms with E-state index in [0.717, 1.165) is 102 Å². The highest BCUT2D eigenvalue weighted by molar-refractivity contribution is 7.97. The number of pyridine rings is 1. The van der Waals surface area contributed by atoms with E-state index in [1.165, 1.54) is 12.8 Å². The highest BCUT2D eigenvalue weighted by atomic mass is 32.2. The van der Waals surface area contributed by atoms with Crippen molar-refractivity contribution in [3.8, 4) is 16.2 Å². The molecule has 3 aromatic rings. The Hall–Kier alpha value is -2.40. The number of rotatable bonds is 9. The number of hydrogen-bond donors (Lipinski definition) is 1. The highest BCUT2D eigenvalue weighted by Crippen LogP contribution is 2.40. The Balaban J connectivity index is 1.10. The first-order chi connectivity index (χ1) is 19.2. The van der Waals surface area contributed by atoms with Crippen LogP contribution in [0.15, 0.2) is 47.2 Å². The van der Waals surface area contributed by atoms with Gasteiger partial charge in [0, 0.05) is 66.4 Å². The zero-order chi connectivity index (χ0) is 26.2. The third-order valence-electron chi connectivity index (χ3n) is 8.00. The van der Waals surface area contributed by atoms with Gasteiger partial charge < -0.3 is 15.2 Å². The van der Waals surface area contributed by atoms with Gasteiger partial charge in [0.05, 0.1) is 40.4 Å². The van der Waals surface area contributed by atoms with E-state index in [1.807, 2.05) is 24.7 Å². The highest BCUT2D eigenvalue weighted by Gasteiger charge is 2.29. The van der Waals surface area contributed by atoms with E-state index >= 15 is 0 Å². The lowest BCUT2D eigenvalue weighted by Gasteiger charge is -2.31. The van der Waals surface area contributed by atoms with Crippen molar-refractivity contribution in [3.63, 3.8) is 0 Å².